The van der Waals surface area contributed by atoms with Crippen LogP contribution in [0.1, 0.15) is 16.9 Å². The fourth-order valence-corrected chi connectivity index (χ4v) is 3.84. The molecule has 1 aromatic heterocycles. The van der Waals surface area contributed by atoms with Crippen LogP contribution in [0.15, 0.2) is 9.72 Å². The molecule has 7 nitrogen and oxygen atoms in total. The van der Waals surface area contributed by atoms with Crippen LogP contribution in [0.2, 0.25) is 0 Å². The molecule has 0 aliphatic carbocycles. The van der Waals surface area contributed by atoms with Gasteiger partial charge in [-0.15, -0.1) is 11.3 Å². The highest BCUT2D eigenvalue weighted by atomic mass is 32.2. The van der Waals surface area contributed by atoms with Crippen molar-refractivity contribution < 1.29 is 18.3 Å². The summed E-state index contributed by atoms with van der Waals surface area (Å²) >= 11 is 0.815. The Bertz CT molecular complexity index is 512. The van der Waals surface area contributed by atoms with E-state index in [1.54, 1.807) is 7.05 Å². The molecule has 1 rings (SSSR count). The molecule has 0 radical (unpaired) electrons. The quantitative estimate of drug-likeness (QED) is 0.690. The molecule has 0 amide bonds. The van der Waals surface area contributed by atoms with Gasteiger partial charge in [0.15, 0.2) is 9.90 Å². The maximum Gasteiger partial charge on any atom is 0.356 e. The van der Waals surface area contributed by atoms with Gasteiger partial charge in [0.2, 0.25) is 0 Å². The average molecular weight is 293 g/mol. The van der Waals surface area contributed by atoms with Gasteiger partial charge in [-0.2, -0.15) is 0 Å². The van der Waals surface area contributed by atoms with Crippen LogP contribution in [0.4, 0.5) is 0 Å². The number of aromatic carboxylic acids is 1. The summed E-state index contributed by atoms with van der Waals surface area (Å²) < 4.78 is 25.2. The van der Waals surface area contributed by atoms with Crippen molar-refractivity contribution in [2.75, 3.05) is 27.2 Å². The Kier molecular flexibility index (Phi) is 5.20. The van der Waals surface area contributed by atoms with Crippen LogP contribution in [-0.2, 0) is 10.0 Å². The molecule has 0 saturated carbocycles. The van der Waals surface area contributed by atoms with Gasteiger partial charge in [-0.1, -0.05) is 0 Å². The number of hydrogen-bond donors (Lipinski definition) is 2. The van der Waals surface area contributed by atoms with Gasteiger partial charge in [0.05, 0.1) is 5.51 Å². The molecule has 18 heavy (non-hydrogen) atoms. The number of rotatable bonds is 7. The number of carbonyl (C=O) groups is 1. The van der Waals surface area contributed by atoms with Crippen molar-refractivity contribution in [1.82, 2.24) is 14.6 Å². The van der Waals surface area contributed by atoms with Crippen LogP contribution in [0, 0.1) is 0 Å². The van der Waals surface area contributed by atoms with Crippen molar-refractivity contribution in [2.24, 2.45) is 0 Å². The van der Waals surface area contributed by atoms with Crippen molar-refractivity contribution in [1.29, 1.82) is 0 Å². The van der Waals surface area contributed by atoms with Gasteiger partial charge in [0, 0.05) is 13.6 Å². The Morgan fingerprint density at radius 1 is 1.61 bits per heavy atom. The number of nitrogens with one attached hydrogen (secondary N) is 1. The lowest BCUT2D eigenvalue weighted by atomic mass is 10.4. The minimum atomic E-state index is -3.77. The van der Waals surface area contributed by atoms with Crippen molar-refractivity contribution in [3.8, 4) is 0 Å². The SMILES string of the molecule is CNCCCN(C)S(=O)(=O)c1scnc1C(=O)O. The first-order chi connectivity index (χ1) is 8.41. The van der Waals surface area contributed by atoms with Crippen LogP contribution in [-0.4, -0.2) is 56.0 Å². The summed E-state index contributed by atoms with van der Waals surface area (Å²) in [6.07, 6.45) is 0.646. The maximum absolute atomic E-state index is 12.1. The second kappa shape index (κ2) is 6.23. The predicted molar refractivity (Wildman–Crippen MR) is 67.4 cm³/mol. The first-order valence-corrected chi connectivity index (χ1v) is 7.51. The number of nitrogens with zero attached hydrogens (tertiary/aromatic N) is 2. The molecule has 0 saturated heterocycles. The highest BCUT2D eigenvalue weighted by Crippen LogP contribution is 2.23. The van der Waals surface area contributed by atoms with E-state index in [9.17, 15) is 13.2 Å². The van der Waals surface area contributed by atoms with E-state index < -0.39 is 21.7 Å². The largest absolute Gasteiger partial charge is 0.476 e. The molecular formula is C9H15N3O4S2. The standard InChI is InChI=1S/C9H15N3O4S2/c1-10-4-3-5-12(2)18(15,16)9-7(8(13)14)11-6-17-9/h6,10H,3-5H2,1-2H3,(H,13,14). The molecular weight excluding hydrogens is 278 g/mol. The van der Waals surface area contributed by atoms with E-state index in [0.717, 1.165) is 15.6 Å². The Morgan fingerprint density at radius 2 is 2.28 bits per heavy atom. The Morgan fingerprint density at radius 3 is 2.83 bits per heavy atom. The van der Waals surface area contributed by atoms with Crippen LogP contribution >= 0.6 is 11.3 Å². The van der Waals surface area contributed by atoms with Gasteiger partial charge in [0.1, 0.15) is 0 Å². The number of hydrogen-bond acceptors (Lipinski definition) is 6. The Balaban J connectivity index is 2.92. The normalized spacial score (nSPS) is 11.9. The molecule has 9 heteroatoms. The van der Waals surface area contributed by atoms with E-state index in [2.05, 4.69) is 10.3 Å². The molecule has 0 aromatic carbocycles. The summed E-state index contributed by atoms with van der Waals surface area (Å²) in [5.41, 5.74) is 0.804. The topological polar surface area (TPSA) is 99.6 Å². The van der Waals surface area contributed by atoms with Crippen molar-refractivity contribution in [3.63, 3.8) is 0 Å². The van der Waals surface area contributed by atoms with Gasteiger partial charge in [-0.25, -0.2) is 22.5 Å². The molecule has 0 fully saturated rings. The highest BCUT2D eigenvalue weighted by Gasteiger charge is 2.29. The zero-order valence-electron chi connectivity index (χ0n) is 10.1. The average Bonchev–Trinajstić information content (AvgIpc) is 2.78. The minimum Gasteiger partial charge on any atom is -0.476 e. The summed E-state index contributed by atoms with van der Waals surface area (Å²) in [6.45, 7) is 1.01. The van der Waals surface area contributed by atoms with E-state index in [1.807, 2.05) is 0 Å². The number of carboxylic acids is 1. The molecule has 0 bridgehead atoms. The maximum atomic E-state index is 12.1. The molecule has 0 unspecified atom stereocenters. The third kappa shape index (κ3) is 3.25. The van der Waals surface area contributed by atoms with Gasteiger partial charge >= 0.3 is 5.97 Å². The van der Waals surface area contributed by atoms with Crippen molar-refractivity contribution >= 4 is 27.3 Å². The molecule has 102 valence electrons. The summed E-state index contributed by atoms with van der Waals surface area (Å²) in [6, 6.07) is 0. The number of sulfonamides is 1. The lowest BCUT2D eigenvalue weighted by Crippen LogP contribution is -2.30. The molecule has 2 N–H and O–H groups in total. The number of aromatic nitrogens is 1. The monoisotopic (exact) mass is 293 g/mol. The molecule has 0 aliphatic rings. The zero-order valence-corrected chi connectivity index (χ0v) is 11.7. The van der Waals surface area contributed by atoms with Crippen molar-refractivity contribution in [2.45, 2.75) is 10.6 Å². The second-order valence-electron chi connectivity index (χ2n) is 3.58. The van der Waals surface area contributed by atoms with E-state index in [0.29, 0.717) is 19.5 Å². The van der Waals surface area contributed by atoms with Crippen LogP contribution in [0.5, 0.6) is 0 Å². The number of carboxylic acid groups (broad SMARTS) is 1. The number of thiazole rings is 1. The zero-order chi connectivity index (χ0) is 13.8. The van der Waals surface area contributed by atoms with Crippen molar-refractivity contribution in [3.05, 3.63) is 11.2 Å². The molecule has 0 aliphatic heterocycles. The Labute approximate surface area is 110 Å². The summed E-state index contributed by atoms with van der Waals surface area (Å²) in [5.74, 6) is -1.33. The van der Waals surface area contributed by atoms with E-state index >= 15 is 0 Å². The van der Waals surface area contributed by atoms with Crippen LogP contribution in [0.3, 0.4) is 0 Å². The molecule has 0 spiro atoms. The third-order valence-electron chi connectivity index (χ3n) is 2.28. The summed E-state index contributed by atoms with van der Waals surface area (Å²) in [4.78, 5) is 14.4. The van der Waals surface area contributed by atoms with Gasteiger partial charge < -0.3 is 10.4 Å². The first-order valence-electron chi connectivity index (χ1n) is 5.19. The van der Waals surface area contributed by atoms with Gasteiger partial charge in [0.25, 0.3) is 10.0 Å². The fraction of sp³-hybridized carbons (Fsp3) is 0.556. The van der Waals surface area contributed by atoms with Crippen LogP contribution < -0.4 is 5.32 Å². The van der Waals surface area contributed by atoms with E-state index in [1.165, 1.54) is 12.6 Å². The molecule has 1 aromatic rings. The van der Waals surface area contributed by atoms with E-state index in [4.69, 9.17) is 5.11 Å². The fourth-order valence-electron chi connectivity index (χ4n) is 1.30. The minimum absolute atomic E-state index is 0.220. The molecule has 0 atom stereocenters. The van der Waals surface area contributed by atoms with Gasteiger partial charge in [-0.05, 0) is 20.0 Å². The highest BCUT2D eigenvalue weighted by molar-refractivity contribution is 7.91. The third-order valence-corrected chi connectivity index (χ3v) is 5.49. The Hall–Kier alpha value is -1.03. The molecule has 1 heterocycles. The predicted octanol–water partition coefficient (Wildman–Crippen LogP) is 0.0713. The lowest BCUT2D eigenvalue weighted by molar-refractivity contribution is 0.0687. The summed E-state index contributed by atoms with van der Waals surface area (Å²) in [7, 11) is -0.566. The second-order valence-corrected chi connectivity index (χ2v) is 6.67. The van der Waals surface area contributed by atoms with Crippen LogP contribution in [0.25, 0.3) is 0 Å². The smallest absolute Gasteiger partial charge is 0.356 e. The van der Waals surface area contributed by atoms with Gasteiger partial charge in [-0.3, -0.25) is 0 Å². The lowest BCUT2D eigenvalue weighted by Gasteiger charge is -2.15. The first kappa shape index (κ1) is 15.0. The van der Waals surface area contributed by atoms with E-state index in [-0.39, 0.29) is 4.21 Å². The summed E-state index contributed by atoms with van der Waals surface area (Å²) in [5, 5.41) is 11.8.